The van der Waals surface area contributed by atoms with Crippen LogP contribution in [0.15, 0.2) is 42.5 Å². The maximum absolute atomic E-state index is 6.29. The summed E-state index contributed by atoms with van der Waals surface area (Å²) in [5.74, 6) is 1.83. The summed E-state index contributed by atoms with van der Waals surface area (Å²) in [5, 5.41) is 0.634. The zero-order valence-electron chi connectivity index (χ0n) is 13.7. The monoisotopic (exact) mass is 333 g/mol. The predicted octanol–water partition coefficient (Wildman–Crippen LogP) is 4.42. The first-order valence-electron chi connectivity index (χ1n) is 8.02. The third-order valence-corrected chi connectivity index (χ3v) is 4.02. The van der Waals surface area contributed by atoms with E-state index in [2.05, 4.69) is 12.1 Å². The molecule has 1 atom stereocenters. The first-order valence-corrected chi connectivity index (χ1v) is 8.39. The summed E-state index contributed by atoms with van der Waals surface area (Å²) in [4.78, 5) is 0. The molecule has 3 nitrogen and oxygen atoms in total. The molecule has 0 saturated heterocycles. The van der Waals surface area contributed by atoms with Crippen molar-refractivity contribution in [3.8, 4) is 11.5 Å². The topological polar surface area (TPSA) is 44.5 Å². The van der Waals surface area contributed by atoms with Crippen molar-refractivity contribution in [1.29, 1.82) is 0 Å². The zero-order valence-corrected chi connectivity index (χ0v) is 14.5. The maximum Gasteiger partial charge on any atom is 0.137 e. The van der Waals surface area contributed by atoms with E-state index in [0.717, 1.165) is 23.5 Å². The van der Waals surface area contributed by atoms with Crippen LogP contribution in [0.1, 0.15) is 30.9 Å². The van der Waals surface area contributed by atoms with Gasteiger partial charge in [-0.25, -0.2) is 0 Å². The van der Waals surface area contributed by atoms with Crippen LogP contribution < -0.4 is 15.2 Å². The first-order chi connectivity index (χ1) is 11.2. The Balaban J connectivity index is 2.11. The van der Waals surface area contributed by atoms with Gasteiger partial charge in [0.2, 0.25) is 0 Å². The molecule has 124 valence electrons. The second kappa shape index (κ2) is 8.80. The highest BCUT2D eigenvalue weighted by Gasteiger charge is 2.13. The van der Waals surface area contributed by atoms with Gasteiger partial charge in [0, 0.05) is 5.92 Å². The number of ether oxygens (including phenoxy) is 2. The smallest absolute Gasteiger partial charge is 0.137 e. The molecule has 2 rings (SSSR count). The van der Waals surface area contributed by atoms with Crippen LogP contribution in [0.4, 0.5) is 0 Å². The van der Waals surface area contributed by atoms with Crippen LogP contribution in [-0.4, -0.2) is 19.8 Å². The van der Waals surface area contributed by atoms with Crippen LogP contribution in [-0.2, 0) is 6.42 Å². The summed E-state index contributed by atoms with van der Waals surface area (Å²) in [6.45, 7) is 5.77. The third-order valence-electron chi connectivity index (χ3n) is 3.73. The van der Waals surface area contributed by atoms with Crippen molar-refractivity contribution in [3.63, 3.8) is 0 Å². The van der Waals surface area contributed by atoms with Crippen molar-refractivity contribution >= 4 is 11.6 Å². The highest BCUT2D eigenvalue weighted by Crippen LogP contribution is 2.30. The van der Waals surface area contributed by atoms with Crippen molar-refractivity contribution in [2.24, 2.45) is 5.73 Å². The normalized spacial score (nSPS) is 12.0. The van der Waals surface area contributed by atoms with E-state index in [1.165, 1.54) is 5.56 Å². The minimum absolute atomic E-state index is 0.223. The van der Waals surface area contributed by atoms with Crippen LogP contribution in [0.25, 0.3) is 0 Å². The van der Waals surface area contributed by atoms with Gasteiger partial charge in [-0.1, -0.05) is 29.8 Å². The second-order valence-electron chi connectivity index (χ2n) is 5.34. The molecule has 0 amide bonds. The first kappa shape index (κ1) is 17.6. The molecule has 0 aliphatic heterocycles. The fourth-order valence-electron chi connectivity index (χ4n) is 2.55. The summed E-state index contributed by atoms with van der Waals surface area (Å²) in [7, 11) is 0. The highest BCUT2D eigenvalue weighted by atomic mass is 35.5. The van der Waals surface area contributed by atoms with E-state index in [1.807, 2.05) is 44.2 Å². The van der Waals surface area contributed by atoms with E-state index >= 15 is 0 Å². The zero-order chi connectivity index (χ0) is 16.7. The van der Waals surface area contributed by atoms with Gasteiger partial charge in [0.05, 0.1) is 18.2 Å². The van der Waals surface area contributed by atoms with Gasteiger partial charge in [0.15, 0.2) is 0 Å². The SMILES string of the molecule is CCOc1ccc(CC(CN)c2ccc(OCC)c(Cl)c2)cc1. The average molecular weight is 334 g/mol. The maximum atomic E-state index is 6.29. The van der Waals surface area contributed by atoms with E-state index in [9.17, 15) is 0 Å². The van der Waals surface area contributed by atoms with E-state index in [-0.39, 0.29) is 5.92 Å². The largest absolute Gasteiger partial charge is 0.494 e. The fraction of sp³-hybridized carbons (Fsp3) is 0.368. The Bertz CT molecular complexity index is 613. The van der Waals surface area contributed by atoms with Crippen LogP contribution >= 0.6 is 11.6 Å². The molecule has 2 aromatic carbocycles. The summed E-state index contributed by atoms with van der Waals surface area (Å²) in [5.41, 5.74) is 8.34. The van der Waals surface area contributed by atoms with E-state index in [4.69, 9.17) is 26.8 Å². The lowest BCUT2D eigenvalue weighted by molar-refractivity contribution is 0.340. The fourth-order valence-corrected chi connectivity index (χ4v) is 2.80. The quantitative estimate of drug-likeness (QED) is 0.777. The van der Waals surface area contributed by atoms with Gasteiger partial charge in [-0.2, -0.15) is 0 Å². The van der Waals surface area contributed by atoms with Crippen molar-refractivity contribution in [2.75, 3.05) is 19.8 Å². The molecule has 2 aromatic rings. The van der Waals surface area contributed by atoms with Gasteiger partial charge in [-0.15, -0.1) is 0 Å². The summed E-state index contributed by atoms with van der Waals surface area (Å²) in [6.07, 6.45) is 0.868. The summed E-state index contributed by atoms with van der Waals surface area (Å²) >= 11 is 6.29. The molecule has 0 heterocycles. The molecule has 0 radical (unpaired) electrons. The molecular formula is C19H24ClNO2. The minimum atomic E-state index is 0.223. The molecule has 4 heteroatoms. The van der Waals surface area contributed by atoms with Crippen LogP contribution in [0.3, 0.4) is 0 Å². The lowest BCUT2D eigenvalue weighted by atomic mass is 9.92. The van der Waals surface area contributed by atoms with Crippen molar-refractivity contribution < 1.29 is 9.47 Å². The van der Waals surface area contributed by atoms with Crippen molar-refractivity contribution in [2.45, 2.75) is 26.2 Å². The van der Waals surface area contributed by atoms with Gasteiger partial charge in [-0.05, 0) is 62.2 Å². The number of hydrogen-bond donors (Lipinski definition) is 1. The van der Waals surface area contributed by atoms with Gasteiger partial charge in [-0.3, -0.25) is 0 Å². The Morgan fingerprint density at radius 1 is 1.00 bits per heavy atom. The number of hydrogen-bond acceptors (Lipinski definition) is 3. The summed E-state index contributed by atoms with van der Waals surface area (Å²) < 4.78 is 11.0. The molecular weight excluding hydrogens is 310 g/mol. The van der Waals surface area contributed by atoms with Crippen LogP contribution in [0, 0.1) is 0 Å². The van der Waals surface area contributed by atoms with Gasteiger partial charge < -0.3 is 15.2 Å². The van der Waals surface area contributed by atoms with Crippen LogP contribution in [0.2, 0.25) is 5.02 Å². The molecule has 0 spiro atoms. The lowest BCUT2D eigenvalue weighted by Gasteiger charge is -2.17. The van der Waals surface area contributed by atoms with Gasteiger partial charge >= 0.3 is 0 Å². The predicted molar refractivity (Wildman–Crippen MR) is 95.7 cm³/mol. The summed E-state index contributed by atoms with van der Waals surface area (Å²) in [6, 6.07) is 14.1. The van der Waals surface area contributed by atoms with Gasteiger partial charge in [0.1, 0.15) is 11.5 Å². The Labute approximate surface area is 143 Å². The van der Waals surface area contributed by atoms with E-state index < -0.39 is 0 Å². The van der Waals surface area contributed by atoms with Crippen LogP contribution in [0.5, 0.6) is 11.5 Å². The minimum Gasteiger partial charge on any atom is -0.494 e. The molecule has 1 unspecified atom stereocenters. The molecule has 0 aliphatic rings. The van der Waals surface area contributed by atoms with Crippen molar-refractivity contribution in [3.05, 3.63) is 58.6 Å². The number of benzene rings is 2. The molecule has 0 aromatic heterocycles. The van der Waals surface area contributed by atoms with Crippen molar-refractivity contribution in [1.82, 2.24) is 0 Å². The lowest BCUT2D eigenvalue weighted by Crippen LogP contribution is -2.15. The molecule has 2 N–H and O–H groups in total. The Morgan fingerprint density at radius 3 is 2.26 bits per heavy atom. The Kier molecular flexibility index (Phi) is 6.75. The number of rotatable bonds is 8. The average Bonchev–Trinajstić information content (AvgIpc) is 2.56. The number of halogens is 1. The molecule has 23 heavy (non-hydrogen) atoms. The third kappa shape index (κ3) is 4.88. The Morgan fingerprint density at radius 2 is 1.70 bits per heavy atom. The van der Waals surface area contributed by atoms with E-state index in [1.54, 1.807) is 0 Å². The highest BCUT2D eigenvalue weighted by molar-refractivity contribution is 6.32. The van der Waals surface area contributed by atoms with Gasteiger partial charge in [0.25, 0.3) is 0 Å². The molecule has 0 fully saturated rings. The second-order valence-corrected chi connectivity index (χ2v) is 5.74. The molecule has 0 aliphatic carbocycles. The van der Waals surface area contributed by atoms with E-state index in [0.29, 0.717) is 24.8 Å². The standard InChI is InChI=1S/C19H24ClNO2/c1-3-22-17-8-5-14(6-9-17)11-16(13-21)15-7-10-19(23-4-2)18(20)12-15/h5-10,12,16H,3-4,11,13,21H2,1-2H3. The molecule has 0 saturated carbocycles. The molecule has 0 bridgehead atoms. The number of nitrogens with two attached hydrogens (primary N) is 1. The Hall–Kier alpha value is -1.71.